The Balaban J connectivity index is 1.37. The highest BCUT2D eigenvalue weighted by Crippen LogP contribution is 2.41. The Morgan fingerprint density at radius 3 is 2.74 bits per heavy atom. The van der Waals surface area contributed by atoms with Crippen LogP contribution in [0.25, 0.3) is 43.5 Å². The molecule has 0 aromatic carbocycles. The van der Waals surface area contributed by atoms with Crippen LogP contribution in [0.15, 0.2) is 46.7 Å². The highest BCUT2D eigenvalue weighted by atomic mass is 32.1. The number of carbonyl (C=O) groups excluding carboxylic acids is 1. The number of fused-ring (bicyclic) bond motifs is 2. The third-order valence-electron chi connectivity index (χ3n) is 6.69. The van der Waals surface area contributed by atoms with Crippen LogP contribution in [0.2, 0.25) is 0 Å². The normalized spacial score (nSPS) is 14.7. The van der Waals surface area contributed by atoms with Gasteiger partial charge in [-0.05, 0) is 18.9 Å². The second-order valence-electron chi connectivity index (χ2n) is 8.73. The Kier molecular flexibility index (Phi) is 5.18. The van der Waals surface area contributed by atoms with E-state index < -0.39 is 0 Å². The van der Waals surface area contributed by atoms with Gasteiger partial charge in [-0.3, -0.25) is 9.48 Å². The van der Waals surface area contributed by atoms with Gasteiger partial charge in [-0.15, -0.1) is 11.3 Å². The van der Waals surface area contributed by atoms with Crippen molar-refractivity contribution in [3.05, 3.63) is 42.3 Å². The van der Waals surface area contributed by atoms with E-state index in [4.69, 9.17) is 14.9 Å². The maximum absolute atomic E-state index is 11.6. The lowest BCUT2D eigenvalue weighted by Crippen LogP contribution is -2.37. The van der Waals surface area contributed by atoms with E-state index in [1.54, 1.807) is 31.6 Å². The molecule has 9 nitrogen and oxygen atoms in total. The van der Waals surface area contributed by atoms with Gasteiger partial charge in [-0.25, -0.2) is 9.97 Å². The minimum atomic E-state index is 0.129. The van der Waals surface area contributed by atoms with E-state index in [-0.39, 0.29) is 11.9 Å². The molecule has 178 valence electrons. The molecule has 0 spiro atoms. The van der Waals surface area contributed by atoms with Crippen molar-refractivity contribution in [2.45, 2.75) is 25.8 Å². The number of thiophene rings is 1. The SMILES string of the molecule is COc1cc2c(-c3cc4c(-c5cnn(C6CCN(C(C)=O)CC6)c5)cnc(N)c4o3)csc2cn1. The summed E-state index contributed by atoms with van der Waals surface area (Å²) < 4.78 is 14.6. The fourth-order valence-electron chi connectivity index (χ4n) is 4.74. The second kappa shape index (κ2) is 8.38. The fraction of sp³-hybridized carbons (Fsp3) is 0.280. The number of nitrogens with two attached hydrogens (primary N) is 1. The number of likely N-dealkylation sites (tertiary alicyclic amines) is 1. The van der Waals surface area contributed by atoms with Crippen molar-refractivity contribution in [2.75, 3.05) is 25.9 Å². The van der Waals surface area contributed by atoms with Crippen molar-refractivity contribution in [2.24, 2.45) is 0 Å². The third kappa shape index (κ3) is 3.70. The van der Waals surface area contributed by atoms with Crippen molar-refractivity contribution in [3.8, 4) is 28.3 Å². The third-order valence-corrected chi connectivity index (χ3v) is 7.63. The van der Waals surface area contributed by atoms with Gasteiger partial charge in [0.25, 0.3) is 0 Å². The van der Waals surface area contributed by atoms with Crippen LogP contribution in [0.3, 0.4) is 0 Å². The number of nitrogen functional groups attached to an aromatic ring is 1. The molecule has 1 aliphatic rings. The molecule has 5 aromatic heterocycles. The first-order chi connectivity index (χ1) is 17.0. The second-order valence-corrected chi connectivity index (χ2v) is 9.64. The van der Waals surface area contributed by atoms with Gasteiger partial charge in [0.05, 0.1) is 24.0 Å². The van der Waals surface area contributed by atoms with Crippen LogP contribution >= 0.6 is 11.3 Å². The van der Waals surface area contributed by atoms with E-state index in [9.17, 15) is 4.79 Å². The number of nitrogens with zero attached hydrogens (tertiary/aromatic N) is 5. The van der Waals surface area contributed by atoms with Crippen LogP contribution in [0.5, 0.6) is 5.88 Å². The van der Waals surface area contributed by atoms with Crippen molar-refractivity contribution >= 4 is 44.1 Å². The summed E-state index contributed by atoms with van der Waals surface area (Å²) in [5.41, 5.74) is 9.58. The van der Waals surface area contributed by atoms with Crippen LogP contribution in [-0.2, 0) is 4.79 Å². The van der Waals surface area contributed by atoms with Crippen LogP contribution in [0.1, 0.15) is 25.8 Å². The van der Waals surface area contributed by atoms with E-state index >= 15 is 0 Å². The van der Waals surface area contributed by atoms with Gasteiger partial charge in [0.1, 0.15) is 5.76 Å². The first-order valence-electron chi connectivity index (χ1n) is 11.4. The maximum atomic E-state index is 11.6. The van der Waals surface area contributed by atoms with Gasteiger partial charge >= 0.3 is 0 Å². The number of methoxy groups -OCH3 is 1. The number of hydrogen-bond donors (Lipinski definition) is 1. The maximum Gasteiger partial charge on any atom is 0.219 e. The zero-order chi connectivity index (χ0) is 24.1. The highest BCUT2D eigenvalue weighted by molar-refractivity contribution is 7.17. The fourth-order valence-corrected chi connectivity index (χ4v) is 5.64. The van der Waals surface area contributed by atoms with E-state index in [0.717, 1.165) is 58.1 Å². The molecule has 0 radical (unpaired) electrons. The molecule has 1 amide bonds. The highest BCUT2D eigenvalue weighted by Gasteiger charge is 2.23. The monoisotopic (exact) mass is 488 g/mol. The van der Waals surface area contributed by atoms with E-state index in [2.05, 4.69) is 20.4 Å². The number of pyridine rings is 2. The smallest absolute Gasteiger partial charge is 0.219 e. The van der Waals surface area contributed by atoms with Gasteiger partial charge in [0.15, 0.2) is 11.4 Å². The van der Waals surface area contributed by atoms with Gasteiger partial charge in [0.2, 0.25) is 11.8 Å². The molecule has 35 heavy (non-hydrogen) atoms. The molecule has 0 unspecified atom stereocenters. The summed E-state index contributed by atoms with van der Waals surface area (Å²) in [4.78, 5) is 22.2. The predicted octanol–water partition coefficient (Wildman–Crippen LogP) is 4.74. The summed E-state index contributed by atoms with van der Waals surface area (Å²) in [5.74, 6) is 1.74. The minimum absolute atomic E-state index is 0.129. The number of anilines is 1. The molecule has 5 aromatic rings. The Morgan fingerprint density at radius 1 is 1.14 bits per heavy atom. The van der Waals surface area contributed by atoms with E-state index in [1.165, 1.54) is 0 Å². The lowest BCUT2D eigenvalue weighted by molar-refractivity contribution is -0.130. The summed E-state index contributed by atoms with van der Waals surface area (Å²) in [7, 11) is 1.60. The van der Waals surface area contributed by atoms with Gasteiger partial charge in [-0.2, -0.15) is 5.10 Å². The molecule has 1 saturated heterocycles. The number of carbonyl (C=O) groups is 1. The molecule has 10 heteroatoms. The zero-order valence-corrected chi connectivity index (χ0v) is 20.2. The van der Waals surface area contributed by atoms with Gasteiger partial charge < -0.3 is 19.8 Å². The Bertz CT molecular complexity index is 1560. The van der Waals surface area contributed by atoms with Gasteiger partial charge in [0, 0.05) is 77.5 Å². The summed E-state index contributed by atoms with van der Waals surface area (Å²) in [6.07, 6.45) is 9.25. The number of furan rings is 1. The predicted molar refractivity (Wildman–Crippen MR) is 135 cm³/mol. The van der Waals surface area contributed by atoms with Crippen molar-refractivity contribution in [3.63, 3.8) is 0 Å². The zero-order valence-electron chi connectivity index (χ0n) is 19.4. The Morgan fingerprint density at radius 2 is 1.97 bits per heavy atom. The van der Waals surface area contributed by atoms with Crippen LogP contribution < -0.4 is 10.5 Å². The summed E-state index contributed by atoms with van der Waals surface area (Å²) >= 11 is 1.60. The van der Waals surface area contributed by atoms with Crippen LogP contribution in [0.4, 0.5) is 5.82 Å². The topological polar surface area (TPSA) is 112 Å². The molecular weight excluding hydrogens is 464 g/mol. The number of rotatable bonds is 4. The van der Waals surface area contributed by atoms with E-state index in [1.807, 2.05) is 40.3 Å². The number of amides is 1. The summed E-state index contributed by atoms with van der Waals surface area (Å²) in [6, 6.07) is 4.19. The Hall–Kier alpha value is -3.92. The van der Waals surface area contributed by atoms with Gasteiger partial charge in [-0.1, -0.05) is 0 Å². The number of hydrogen-bond acceptors (Lipinski definition) is 8. The molecule has 2 N–H and O–H groups in total. The van der Waals surface area contributed by atoms with Crippen LogP contribution in [0, 0.1) is 0 Å². The van der Waals surface area contributed by atoms with Crippen molar-refractivity contribution < 1.29 is 13.9 Å². The standard InChI is InChI=1S/C25H24N6O3S/c1-14(32)30-5-3-16(4-6-30)31-12-15(9-29-31)19-10-28-25(26)24-18(19)7-21(34-24)20-13-35-22-11-27-23(33-2)8-17(20)22/h7-13,16H,3-6H2,1-2H3,(H2,26,28). The molecule has 6 heterocycles. The molecule has 6 rings (SSSR count). The first-order valence-corrected chi connectivity index (χ1v) is 12.3. The van der Waals surface area contributed by atoms with Crippen molar-refractivity contribution in [1.29, 1.82) is 0 Å². The average Bonchev–Trinajstić information content (AvgIpc) is 3.62. The molecule has 0 saturated carbocycles. The van der Waals surface area contributed by atoms with Crippen LogP contribution in [-0.4, -0.2) is 50.8 Å². The van der Waals surface area contributed by atoms with E-state index in [0.29, 0.717) is 23.0 Å². The summed E-state index contributed by atoms with van der Waals surface area (Å²) in [5, 5.41) is 8.59. The first kappa shape index (κ1) is 21.6. The number of aromatic nitrogens is 4. The lowest BCUT2D eigenvalue weighted by atomic mass is 10.0. The average molecular weight is 489 g/mol. The molecule has 1 aliphatic heterocycles. The molecular formula is C25H24N6O3S. The van der Waals surface area contributed by atoms with Crippen molar-refractivity contribution in [1.82, 2.24) is 24.6 Å². The Labute approximate surface area is 205 Å². The largest absolute Gasteiger partial charge is 0.481 e. The molecule has 1 fully saturated rings. The summed E-state index contributed by atoms with van der Waals surface area (Å²) in [6.45, 7) is 3.13. The molecule has 0 bridgehead atoms. The quantitative estimate of drug-likeness (QED) is 0.389. The number of ether oxygens (including phenoxy) is 1. The molecule has 0 atom stereocenters. The number of piperidine rings is 1. The minimum Gasteiger partial charge on any atom is -0.481 e. The lowest BCUT2D eigenvalue weighted by Gasteiger charge is -2.31. The molecule has 0 aliphatic carbocycles.